The zero-order chi connectivity index (χ0) is 14.7. The normalized spacial score (nSPS) is 26.4. The van der Waals surface area contributed by atoms with Crippen LogP contribution in [0.1, 0.15) is 38.7 Å². The fraction of sp³-hybridized carbons (Fsp3) is 0.600. The average molecular weight is 297 g/mol. The molecule has 1 aromatic rings. The molecule has 2 atom stereocenters. The molecular formula is C15H21ClN2O2. The monoisotopic (exact) mass is 296 g/mol. The lowest BCUT2D eigenvalue weighted by Gasteiger charge is -2.32. The molecule has 2 unspecified atom stereocenters. The van der Waals surface area contributed by atoms with Crippen LogP contribution in [-0.4, -0.2) is 11.0 Å². The van der Waals surface area contributed by atoms with Gasteiger partial charge in [0.25, 0.3) is 5.69 Å². The molecule has 4 nitrogen and oxygen atoms in total. The number of halogens is 1. The lowest BCUT2D eigenvalue weighted by atomic mass is 9.80. The van der Waals surface area contributed by atoms with Crippen LogP contribution in [0.3, 0.4) is 0 Å². The fourth-order valence-electron chi connectivity index (χ4n) is 3.18. The number of hydrogen-bond donors (Lipinski definition) is 1. The van der Waals surface area contributed by atoms with E-state index in [0.29, 0.717) is 17.6 Å². The Morgan fingerprint density at radius 3 is 2.55 bits per heavy atom. The van der Waals surface area contributed by atoms with Gasteiger partial charge in [-0.15, -0.1) is 0 Å². The zero-order valence-corrected chi connectivity index (χ0v) is 12.7. The van der Waals surface area contributed by atoms with E-state index in [4.69, 9.17) is 11.6 Å². The lowest BCUT2D eigenvalue weighted by Crippen LogP contribution is -2.35. The summed E-state index contributed by atoms with van der Waals surface area (Å²) in [4.78, 5) is 10.4. The van der Waals surface area contributed by atoms with Gasteiger partial charge in [-0.25, -0.2) is 0 Å². The number of non-ortho nitro benzene ring substituents is 1. The van der Waals surface area contributed by atoms with E-state index in [0.717, 1.165) is 30.2 Å². The summed E-state index contributed by atoms with van der Waals surface area (Å²) >= 11 is 6.11. The predicted molar refractivity (Wildman–Crippen MR) is 80.9 cm³/mol. The average Bonchev–Trinajstić information content (AvgIpc) is 2.36. The van der Waals surface area contributed by atoms with E-state index in [-0.39, 0.29) is 10.6 Å². The van der Waals surface area contributed by atoms with Crippen molar-refractivity contribution in [1.82, 2.24) is 5.32 Å². The summed E-state index contributed by atoms with van der Waals surface area (Å²) in [6, 6.07) is 5.08. The van der Waals surface area contributed by atoms with Crippen molar-refractivity contribution in [2.45, 2.75) is 45.7 Å². The SMILES string of the molecule is CC1CC(C)CC(NCc2cc([N+](=O)[O-])ccc2Cl)C1. The number of nitro benzene ring substituents is 1. The van der Waals surface area contributed by atoms with Crippen LogP contribution >= 0.6 is 11.6 Å². The number of nitrogens with one attached hydrogen (secondary N) is 1. The van der Waals surface area contributed by atoms with Crippen molar-refractivity contribution < 1.29 is 4.92 Å². The van der Waals surface area contributed by atoms with Crippen LogP contribution in [0.4, 0.5) is 5.69 Å². The summed E-state index contributed by atoms with van der Waals surface area (Å²) in [5.74, 6) is 1.47. The molecule has 1 aliphatic carbocycles. The quantitative estimate of drug-likeness (QED) is 0.670. The standard InChI is InChI=1S/C15H21ClN2O2/c1-10-5-11(2)7-13(6-10)17-9-12-8-14(18(19)20)3-4-15(12)16/h3-4,8,10-11,13,17H,5-7,9H2,1-2H3. The second-order valence-corrected chi connectivity index (χ2v) is 6.44. The summed E-state index contributed by atoms with van der Waals surface area (Å²) in [7, 11) is 0. The van der Waals surface area contributed by atoms with E-state index in [1.54, 1.807) is 12.1 Å². The molecule has 0 bridgehead atoms. The van der Waals surface area contributed by atoms with Gasteiger partial charge in [-0.1, -0.05) is 25.4 Å². The first kappa shape index (κ1) is 15.3. The van der Waals surface area contributed by atoms with Gasteiger partial charge in [0, 0.05) is 29.7 Å². The summed E-state index contributed by atoms with van der Waals surface area (Å²) < 4.78 is 0. The van der Waals surface area contributed by atoms with Gasteiger partial charge >= 0.3 is 0 Å². The number of nitro groups is 1. The Morgan fingerprint density at radius 1 is 1.30 bits per heavy atom. The van der Waals surface area contributed by atoms with Gasteiger partial charge in [0.1, 0.15) is 0 Å². The van der Waals surface area contributed by atoms with Crippen molar-refractivity contribution in [2.75, 3.05) is 0 Å². The Morgan fingerprint density at radius 2 is 1.95 bits per heavy atom. The molecule has 0 radical (unpaired) electrons. The molecule has 1 saturated carbocycles. The maximum absolute atomic E-state index is 10.8. The molecule has 1 fully saturated rings. The second kappa shape index (κ2) is 6.55. The third-order valence-electron chi connectivity index (χ3n) is 4.00. The number of nitrogens with zero attached hydrogens (tertiary/aromatic N) is 1. The number of rotatable bonds is 4. The molecule has 0 amide bonds. The molecule has 0 aromatic heterocycles. The summed E-state index contributed by atoms with van der Waals surface area (Å²) in [6.45, 7) is 5.15. The Hall–Kier alpha value is -1.13. The van der Waals surface area contributed by atoms with Gasteiger partial charge in [0.05, 0.1) is 4.92 Å². The van der Waals surface area contributed by atoms with Crippen molar-refractivity contribution in [3.8, 4) is 0 Å². The molecule has 2 rings (SSSR count). The molecule has 5 heteroatoms. The Bertz CT molecular complexity index is 483. The van der Waals surface area contributed by atoms with E-state index >= 15 is 0 Å². The van der Waals surface area contributed by atoms with E-state index in [1.165, 1.54) is 12.5 Å². The molecule has 110 valence electrons. The van der Waals surface area contributed by atoms with Crippen molar-refractivity contribution in [2.24, 2.45) is 11.8 Å². The number of hydrogen-bond acceptors (Lipinski definition) is 3. The lowest BCUT2D eigenvalue weighted by molar-refractivity contribution is -0.384. The predicted octanol–water partition coefficient (Wildman–Crippen LogP) is 4.16. The number of benzene rings is 1. The summed E-state index contributed by atoms with van der Waals surface area (Å²) in [5, 5.41) is 14.9. The highest BCUT2D eigenvalue weighted by Gasteiger charge is 2.23. The van der Waals surface area contributed by atoms with Crippen LogP contribution in [0.5, 0.6) is 0 Å². The maximum atomic E-state index is 10.8. The summed E-state index contributed by atoms with van der Waals surface area (Å²) in [6.07, 6.45) is 3.61. The van der Waals surface area contributed by atoms with Crippen molar-refractivity contribution in [3.63, 3.8) is 0 Å². The van der Waals surface area contributed by atoms with Gasteiger partial charge in [0.2, 0.25) is 0 Å². The highest BCUT2D eigenvalue weighted by Crippen LogP contribution is 2.29. The van der Waals surface area contributed by atoms with Crippen LogP contribution in [0.15, 0.2) is 18.2 Å². The molecular weight excluding hydrogens is 276 g/mol. The minimum atomic E-state index is -0.384. The Balaban J connectivity index is 1.99. The molecule has 0 aliphatic heterocycles. The van der Waals surface area contributed by atoms with E-state index in [9.17, 15) is 10.1 Å². The smallest absolute Gasteiger partial charge is 0.269 e. The van der Waals surface area contributed by atoms with Crippen LogP contribution < -0.4 is 5.32 Å². The molecule has 1 aliphatic rings. The largest absolute Gasteiger partial charge is 0.310 e. The zero-order valence-electron chi connectivity index (χ0n) is 11.9. The molecule has 0 saturated heterocycles. The minimum Gasteiger partial charge on any atom is -0.310 e. The van der Waals surface area contributed by atoms with Gasteiger partial charge < -0.3 is 5.32 Å². The van der Waals surface area contributed by atoms with E-state index in [1.807, 2.05) is 0 Å². The van der Waals surface area contributed by atoms with Crippen LogP contribution in [0, 0.1) is 22.0 Å². The Labute approximate surface area is 124 Å². The van der Waals surface area contributed by atoms with Crippen molar-refractivity contribution in [1.29, 1.82) is 0 Å². The maximum Gasteiger partial charge on any atom is 0.269 e. The second-order valence-electron chi connectivity index (χ2n) is 6.03. The van der Waals surface area contributed by atoms with Crippen LogP contribution in [-0.2, 0) is 6.54 Å². The summed E-state index contributed by atoms with van der Waals surface area (Å²) in [5.41, 5.74) is 0.892. The first-order valence-corrected chi connectivity index (χ1v) is 7.49. The van der Waals surface area contributed by atoms with Crippen LogP contribution in [0.25, 0.3) is 0 Å². The van der Waals surface area contributed by atoms with Crippen molar-refractivity contribution >= 4 is 17.3 Å². The van der Waals surface area contributed by atoms with E-state index in [2.05, 4.69) is 19.2 Å². The van der Waals surface area contributed by atoms with Crippen LogP contribution in [0.2, 0.25) is 5.02 Å². The van der Waals surface area contributed by atoms with E-state index < -0.39 is 0 Å². The van der Waals surface area contributed by atoms with Gasteiger partial charge in [-0.05, 0) is 42.7 Å². The molecule has 0 heterocycles. The topological polar surface area (TPSA) is 55.2 Å². The highest BCUT2D eigenvalue weighted by atomic mass is 35.5. The minimum absolute atomic E-state index is 0.0941. The first-order valence-electron chi connectivity index (χ1n) is 7.12. The van der Waals surface area contributed by atoms with Gasteiger partial charge in [-0.2, -0.15) is 0 Å². The van der Waals surface area contributed by atoms with Gasteiger partial charge in [-0.3, -0.25) is 10.1 Å². The molecule has 1 N–H and O–H groups in total. The third-order valence-corrected chi connectivity index (χ3v) is 4.37. The molecule has 20 heavy (non-hydrogen) atoms. The fourth-order valence-corrected chi connectivity index (χ4v) is 3.36. The Kier molecular flexibility index (Phi) is 5.00. The third kappa shape index (κ3) is 3.93. The van der Waals surface area contributed by atoms with Crippen molar-refractivity contribution in [3.05, 3.63) is 38.9 Å². The highest BCUT2D eigenvalue weighted by molar-refractivity contribution is 6.31. The molecule has 0 spiro atoms. The molecule has 1 aromatic carbocycles. The van der Waals surface area contributed by atoms with Gasteiger partial charge in [0.15, 0.2) is 0 Å². The first-order chi connectivity index (χ1) is 9.45.